The molecule has 0 saturated carbocycles. The van der Waals surface area contributed by atoms with Crippen LogP contribution in [0, 0.1) is 0 Å². The van der Waals surface area contributed by atoms with Crippen molar-refractivity contribution in [1.29, 1.82) is 0 Å². The Morgan fingerprint density at radius 1 is 1.29 bits per heavy atom. The molecular weight excluding hydrogens is 194 g/mol. The van der Waals surface area contributed by atoms with Crippen molar-refractivity contribution in [2.24, 2.45) is 0 Å². The van der Waals surface area contributed by atoms with Gasteiger partial charge < -0.3 is 4.98 Å². The van der Waals surface area contributed by atoms with Gasteiger partial charge in [0.1, 0.15) is 0 Å². The van der Waals surface area contributed by atoms with Crippen LogP contribution in [0.1, 0.15) is 24.1 Å². The van der Waals surface area contributed by atoms with E-state index in [-0.39, 0.29) is 5.56 Å². The molecule has 0 saturated heterocycles. The molecule has 0 atom stereocenters. The summed E-state index contributed by atoms with van der Waals surface area (Å²) in [6, 6.07) is 2.08. The molecule has 2 aromatic heterocycles. The van der Waals surface area contributed by atoms with Crippen molar-refractivity contribution < 1.29 is 0 Å². The van der Waals surface area contributed by atoms with Crippen LogP contribution in [-0.4, -0.2) is 4.98 Å². The number of pyridine rings is 1. The Morgan fingerprint density at radius 2 is 2.14 bits per heavy atom. The lowest BCUT2D eigenvalue weighted by molar-refractivity contribution is 0.671. The summed E-state index contributed by atoms with van der Waals surface area (Å²) in [5.74, 6) is 0. The largest absolute Gasteiger partial charge is 0.325 e. The molecule has 0 fully saturated rings. The molecule has 1 aliphatic rings. The number of rotatable bonds is 0. The molecule has 0 bridgehead atoms. The van der Waals surface area contributed by atoms with E-state index in [4.69, 9.17) is 0 Å². The fraction of sp³-hybridized carbons (Fsp3) is 0.364. The molecule has 3 rings (SSSR count). The van der Waals surface area contributed by atoms with Crippen molar-refractivity contribution in [3.63, 3.8) is 0 Å². The zero-order chi connectivity index (χ0) is 9.54. The molecule has 72 valence electrons. The first-order chi connectivity index (χ1) is 6.86. The van der Waals surface area contributed by atoms with Crippen LogP contribution in [0.4, 0.5) is 0 Å². The highest BCUT2D eigenvalue weighted by atomic mass is 32.1. The van der Waals surface area contributed by atoms with E-state index in [0.717, 1.165) is 17.5 Å². The number of aromatic nitrogens is 1. The summed E-state index contributed by atoms with van der Waals surface area (Å²) >= 11 is 1.54. The highest BCUT2D eigenvalue weighted by Crippen LogP contribution is 2.27. The van der Waals surface area contributed by atoms with Gasteiger partial charge in [-0.05, 0) is 42.7 Å². The van der Waals surface area contributed by atoms with Gasteiger partial charge in [0.05, 0.1) is 4.70 Å². The van der Waals surface area contributed by atoms with E-state index in [1.807, 2.05) is 5.38 Å². The Labute approximate surface area is 85.6 Å². The molecule has 1 N–H and O–H groups in total. The predicted molar refractivity (Wildman–Crippen MR) is 59.1 cm³/mol. The summed E-state index contributed by atoms with van der Waals surface area (Å²) in [5, 5.41) is 3.20. The third-order valence-corrected chi connectivity index (χ3v) is 3.84. The molecule has 0 aliphatic heterocycles. The molecule has 0 radical (unpaired) electrons. The van der Waals surface area contributed by atoms with E-state index in [2.05, 4.69) is 11.1 Å². The molecule has 2 heterocycles. The van der Waals surface area contributed by atoms with Gasteiger partial charge in [0.25, 0.3) is 5.56 Å². The van der Waals surface area contributed by atoms with Crippen molar-refractivity contribution in [1.82, 2.24) is 4.98 Å². The Balaban J connectivity index is 2.44. The Morgan fingerprint density at radius 3 is 3.07 bits per heavy atom. The Hall–Kier alpha value is -1.09. The molecule has 0 spiro atoms. The van der Waals surface area contributed by atoms with E-state index in [1.54, 1.807) is 11.3 Å². The van der Waals surface area contributed by atoms with E-state index in [1.165, 1.54) is 29.5 Å². The molecule has 0 amide bonds. The van der Waals surface area contributed by atoms with Crippen molar-refractivity contribution in [2.45, 2.75) is 25.7 Å². The van der Waals surface area contributed by atoms with Gasteiger partial charge in [-0.25, -0.2) is 0 Å². The second-order valence-corrected chi connectivity index (χ2v) is 4.70. The first-order valence-electron chi connectivity index (χ1n) is 4.97. The van der Waals surface area contributed by atoms with Gasteiger partial charge in [-0.3, -0.25) is 4.79 Å². The quantitative estimate of drug-likeness (QED) is 0.704. The number of aromatic amines is 1. The van der Waals surface area contributed by atoms with Gasteiger partial charge in [0, 0.05) is 11.1 Å². The van der Waals surface area contributed by atoms with Crippen LogP contribution in [0.2, 0.25) is 0 Å². The smallest absolute Gasteiger partial charge is 0.266 e. The predicted octanol–water partition coefficient (Wildman–Crippen LogP) is 2.47. The van der Waals surface area contributed by atoms with E-state index in [9.17, 15) is 4.79 Å². The molecule has 0 aromatic carbocycles. The number of H-pyrrole nitrogens is 1. The van der Waals surface area contributed by atoms with E-state index >= 15 is 0 Å². The minimum absolute atomic E-state index is 0.0932. The number of aryl methyl sites for hydroxylation is 2. The highest BCUT2D eigenvalue weighted by molar-refractivity contribution is 7.17. The van der Waals surface area contributed by atoms with E-state index in [0.29, 0.717) is 0 Å². The van der Waals surface area contributed by atoms with Gasteiger partial charge in [0.15, 0.2) is 0 Å². The summed E-state index contributed by atoms with van der Waals surface area (Å²) in [5.41, 5.74) is 2.65. The summed E-state index contributed by atoms with van der Waals surface area (Å²) in [7, 11) is 0. The van der Waals surface area contributed by atoms with Crippen LogP contribution in [0.25, 0.3) is 10.1 Å². The van der Waals surface area contributed by atoms with Gasteiger partial charge in [-0.1, -0.05) is 0 Å². The number of nitrogens with one attached hydrogen (secondary N) is 1. The maximum atomic E-state index is 11.7. The zero-order valence-corrected chi connectivity index (χ0v) is 8.62. The molecule has 0 unspecified atom stereocenters. The first-order valence-corrected chi connectivity index (χ1v) is 5.85. The number of thiophene rings is 1. The van der Waals surface area contributed by atoms with Gasteiger partial charge in [-0.15, -0.1) is 11.3 Å². The molecule has 2 nitrogen and oxygen atoms in total. The molecule has 2 aromatic rings. The summed E-state index contributed by atoms with van der Waals surface area (Å²) in [6.07, 6.45) is 4.62. The minimum Gasteiger partial charge on any atom is -0.325 e. The fourth-order valence-corrected chi connectivity index (χ4v) is 3.07. The third-order valence-electron chi connectivity index (χ3n) is 2.93. The lowest BCUT2D eigenvalue weighted by Gasteiger charge is -2.15. The van der Waals surface area contributed by atoms with Crippen LogP contribution in [-0.2, 0) is 12.8 Å². The monoisotopic (exact) mass is 205 g/mol. The van der Waals surface area contributed by atoms with Crippen molar-refractivity contribution in [3.8, 4) is 0 Å². The van der Waals surface area contributed by atoms with Crippen molar-refractivity contribution in [3.05, 3.63) is 33.1 Å². The van der Waals surface area contributed by atoms with Gasteiger partial charge >= 0.3 is 0 Å². The lowest BCUT2D eigenvalue weighted by atomic mass is 9.94. The van der Waals surface area contributed by atoms with Crippen LogP contribution in [0.15, 0.2) is 16.2 Å². The fourth-order valence-electron chi connectivity index (χ4n) is 2.26. The zero-order valence-electron chi connectivity index (χ0n) is 7.80. The van der Waals surface area contributed by atoms with Gasteiger partial charge in [0.2, 0.25) is 0 Å². The van der Waals surface area contributed by atoms with Crippen molar-refractivity contribution >= 4 is 21.4 Å². The third kappa shape index (κ3) is 1.05. The SMILES string of the molecule is O=c1[nH]c2c(c3ccsc13)CCCC2. The highest BCUT2D eigenvalue weighted by Gasteiger charge is 2.15. The molecule has 14 heavy (non-hydrogen) atoms. The van der Waals surface area contributed by atoms with Crippen LogP contribution in [0.5, 0.6) is 0 Å². The van der Waals surface area contributed by atoms with Crippen LogP contribution in [0.3, 0.4) is 0 Å². The average Bonchev–Trinajstić information content (AvgIpc) is 2.67. The number of hydrogen-bond donors (Lipinski definition) is 1. The average molecular weight is 205 g/mol. The lowest BCUT2D eigenvalue weighted by Crippen LogP contribution is -2.14. The molecular formula is C11H11NOS. The summed E-state index contributed by atoms with van der Waals surface area (Å²) in [6.45, 7) is 0. The maximum Gasteiger partial charge on any atom is 0.266 e. The topological polar surface area (TPSA) is 32.9 Å². The first kappa shape index (κ1) is 8.24. The van der Waals surface area contributed by atoms with E-state index < -0.39 is 0 Å². The van der Waals surface area contributed by atoms with Crippen LogP contribution >= 0.6 is 11.3 Å². The van der Waals surface area contributed by atoms with Crippen LogP contribution < -0.4 is 5.56 Å². The second kappa shape index (κ2) is 2.95. The van der Waals surface area contributed by atoms with Gasteiger partial charge in [-0.2, -0.15) is 0 Å². The van der Waals surface area contributed by atoms with Crippen molar-refractivity contribution in [2.75, 3.05) is 0 Å². The Kier molecular flexibility index (Phi) is 1.74. The number of hydrogen-bond acceptors (Lipinski definition) is 2. The summed E-state index contributed by atoms with van der Waals surface area (Å²) in [4.78, 5) is 14.7. The Bertz CT molecular complexity index is 538. The summed E-state index contributed by atoms with van der Waals surface area (Å²) < 4.78 is 0.894. The second-order valence-electron chi connectivity index (χ2n) is 3.78. The standard InChI is InChI=1S/C11H11NOS/c13-11-10-8(5-6-14-10)7-3-1-2-4-9(7)12-11/h5-6H,1-4H2,(H,12,13). The maximum absolute atomic E-state index is 11.7. The molecule has 1 aliphatic carbocycles. The minimum atomic E-state index is 0.0932. The normalized spacial score (nSPS) is 15.7. The number of fused-ring (bicyclic) bond motifs is 3. The molecule has 3 heteroatoms.